The lowest BCUT2D eigenvalue weighted by Crippen LogP contribution is -2.48. The Morgan fingerprint density at radius 3 is 2.84 bits per heavy atom. The zero-order valence-corrected chi connectivity index (χ0v) is 13.4. The highest BCUT2D eigenvalue weighted by Crippen LogP contribution is 2.27. The van der Waals surface area contributed by atoms with E-state index in [9.17, 15) is 18.0 Å². The molecule has 25 heavy (non-hydrogen) atoms. The van der Waals surface area contributed by atoms with Crippen molar-refractivity contribution in [2.24, 2.45) is 10.9 Å². The number of carbonyl (C=O) groups is 1. The average molecular weight is 353 g/mol. The van der Waals surface area contributed by atoms with Crippen LogP contribution in [0.1, 0.15) is 24.8 Å². The fourth-order valence-corrected chi connectivity index (χ4v) is 2.67. The fraction of sp³-hybridized carbons (Fsp3) is 0.412. The minimum Gasteiger partial charge on any atom is -0.406 e. The van der Waals surface area contributed by atoms with Crippen molar-refractivity contribution in [2.75, 3.05) is 0 Å². The van der Waals surface area contributed by atoms with E-state index in [0.29, 0.717) is 12.1 Å². The van der Waals surface area contributed by atoms with Gasteiger partial charge in [-0.3, -0.25) is 4.79 Å². The van der Waals surface area contributed by atoms with Crippen molar-refractivity contribution in [2.45, 2.75) is 38.5 Å². The quantitative estimate of drug-likeness (QED) is 0.885. The van der Waals surface area contributed by atoms with Gasteiger partial charge in [-0.25, -0.2) is 4.99 Å². The molecule has 0 bridgehead atoms. The number of hydrogen-bond donors (Lipinski definition) is 1. The maximum atomic E-state index is 12.3. The topological polar surface area (TPSA) is 53.9 Å². The van der Waals surface area contributed by atoms with Gasteiger partial charge in [-0.05, 0) is 36.6 Å². The highest BCUT2D eigenvalue weighted by Gasteiger charge is 2.31. The van der Waals surface area contributed by atoms with E-state index in [4.69, 9.17) is 0 Å². The molecule has 8 heteroatoms. The Morgan fingerprint density at radius 1 is 1.36 bits per heavy atom. The molecule has 1 aromatic rings. The molecule has 5 nitrogen and oxygen atoms in total. The van der Waals surface area contributed by atoms with E-state index in [1.54, 1.807) is 29.5 Å². The van der Waals surface area contributed by atoms with Crippen molar-refractivity contribution in [1.29, 1.82) is 0 Å². The number of alkyl halides is 3. The highest BCUT2D eigenvalue weighted by atomic mass is 19.4. The lowest BCUT2D eigenvalue weighted by atomic mass is 9.85. The van der Waals surface area contributed by atoms with Crippen LogP contribution in [0.4, 0.5) is 13.2 Å². The second-order valence-electron chi connectivity index (χ2n) is 6.02. The summed E-state index contributed by atoms with van der Waals surface area (Å²) in [7, 11) is 0. The molecule has 0 spiro atoms. The molecule has 2 aliphatic rings. The monoisotopic (exact) mass is 353 g/mol. The molecule has 1 N–H and O–H groups in total. The summed E-state index contributed by atoms with van der Waals surface area (Å²) in [5.74, 6) is -0.279. The van der Waals surface area contributed by atoms with Crippen molar-refractivity contribution >= 4 is 12.1 Å². The molecule has 1 aliphatic heterocycles. The molecule has 1 heterocycles. The molecule has 1 unspecified atom stereocenters. The summed E-state index contributed by atoms with van der Waals surface area (Å²) in [5, 5.41) is 2.87. The first-order valence-electron chi connectivity index (χ1n) is 8.01. The van der Waals surface area contributed by atoms with Crippen LogP contribution < -0.4 is 10.1 Å². The Bertz CT molecular complexity index is 684. The Labute approximate surface area is 143 Å². The number of benzene rings is 1. The molecular weight excluding hydrogens is 335 g/mol. The minimum atomic E-state index is -4.73. The van der Waals surface area contributed by atoms with Crippen molar-refractivity contribution in [3.63, 3.8) is 0 Å². The van der Waals surface area contributed by atoms with E-state index < -0.39 is 12.7 Å². The first-order valence-corrected chi connectivity index (χ1v) is 8.01. The van der Waals surface area contributed by atoms with E-state index in [0.717, 1.165) is 19.3 Å². The number of aliphatic imine (C=N–C) groups is 1. The van der Waals surface area contributed by atoms with Gasteiger partial charge in [0.2, 0.25) is 5.91 Å². The molecule has 1 aromatic carbocycles. The molecule has 1 fully saturated rings. The van der Waals surface area contributed by atoms with Crippen molar-refractivity contribution in [3.05, 3.63) is 42.1 Å². The van der Waals surface area contributed by atoms with Crippen molar-refractivity contribution < 1.29 is 22.7 Å². The van der Waals surface area contributed by atoms with Crippen LogP contribution >= 0.6 is 0 Å². The molecule has 0 saturated heterocycles. The predicted octanol–water partition coefficient (Wildman–Crippen LogP) is 3.19. The van der Waals surface area contributed by atoms with Crippen LogP contribution in [0.25, 0.3) is 0 Å². The van der Waals surface area contributed by atoms with Crippen molar-refractivity contribution in [3.8, 4) is 5.75 Å². The van der Waals surface area contributed by atoms with Gasteiger partial charge in [0, 0.05) is 24.9 Å². The van der Waals surface area contributed by atoms with Gasteiger partial charge in [-0.2, -0.15) is 0 Å². The van der Waals surface area contributed by atoms with E-state index in [1.165, 1.54) is 18.2 Å². The first-order chi connectivity index (χ1) is 11.9. The smallest absolute Gasteiger partial charge is 0.406 e. The second kappa shape index (κ2) is 7.16. The van der Waals surface area contributed by atoms with Gasteiger partial charge < -0.3 is 15.0 Å². The summed E-state index contributed by atoms with van der Waals surface area (Å²) in [4.78, 5) is 18.1. The Kier molecular flexibility index (Phi) is 4.96. The molecule has 134 valence electrons. The predicted molar refractivity (Wildman–Crippen MR) is 85.6 cm³/mol. The third-order valence-corrected chi connectivity index (χ3v) is 4.15. The van der Waals surface area contributed by atoms with Crippen LogP contribution in [0.2, 0.25) is 0 Å². The lowest BCUT2D eigenvalue weighted by molar-refractivity contribution is -0.274. The molecule has 1 saturated carbocycles. The number of halogens is 3. The van der Waals surface area contributed by atoms with Gasteiger partial charge in [0.05, 0.1) is 0 Å². The zero-order chi connectivity index (χ0) is 17.9. The van der Waals surface area contributed by atoms with E-state index in [-0.39, 0.29) is 17.6 Å². The molecule has 1 aliphatic carbocycles. The van der Waals surface area contributed by atoms with Gasteiger partial charge >= 0.3 is 6.36 Å². The summed E-state index contributed by atoms with van der Waals surface area (Å²) < 4.78 is 41.0. The maximum absolute atomic E-state index is 12.3. The Balaban J connectivity index is 1.65. The van der Waals surface area contributed by atoms with Gasteiger partial charge in [0.15, 0.2) is 6.29 Å². The molecule has 0 radical (unpaired) electrons. The summed E-state index contributed by atoms with van der Waals surface area (Å²) in [6.07, 6.45) is 2.58. The van der Waals surface area contributed by atoms with Crippen LogP contribution in [0.15, 0.2) is 41.5 Å². The molecule has 0 aromatic heterocycles. The summed E-state index contributed by atoms with van der Waals surface area (Å²) >= 11 is 0. The third kappa shape index (κ3) is 4.74. The number of nitrogens with zero attached hydrogens (tertiary/aromatic N) is 2. The van der Waals surface area contributed by atoms with E-state index >= 15 is 0 Å². The normalized spacial score (nSPS) is 20.3. The molecule has 1 atom stereocenters. The van der Waals surface area contributed by atoms with E-state index in [2.05, 4.69) is 15.0 Å². The van der Waals surface area contributed by atoms with E-state index in [1.807, 2.05) is 0 Å². The minimum absolute atomic E-state index is 0.0338. The Hall–Kier alpha value is -2.51. The van der Waals surface area contributed by atoms with Gasteiger partial charge in [0.25, 0.3) is 0 Å². The SMILES string of the molecule is O=C(NC1N=CC=CN1Cc1cccc(OC(F)(F)F)c1)C1CCC1. The van der Waals surface area contributed by atoms with Crippen LogP contribution in [-0.4, -0.2) is 29.7 Å². The number of rotatable bonds is 5. The standard InChI is InChI=1S/C17H18F3N3O2/c18-17(19,20)25-14-7-1-4-12(10-14)11-23-9-3-8-21-16(23)22-15(24)13-5-2-6-13/h1,3-4,7-10,13,16H,2,5-6,11H2,(H,22,24). The number of carbonyl (C=O) groups excluding carboxylic acids is 1. The van der Waals surface area contributed by atoms with Crippen LogP contribution in [0, 0.1) is 5.92 Å². The maximum Gasteiger partial charge on any atom is 0.573 e. The summed E-state index contributed by atoms with van der Waals surface area (Å²) in [5.41, 5.74) is 0.617. The number of amides is 1. The summed E-state index contributed by atoms with van der Waals surface area (Å²) in [6.45, 7) is 0.290. The average Bonchev–Trinajstić information content (AvgIpc) is 2.46. The third-order valence-electron chi connectivity index (χ3n) is 4.15. The van der Waals surface area contributed by atoms with Crippen LogP contribution in [-0.2, 0) is 11.3 Å². The lowest BCUT2D eigenvalue weighted by Gasteiger charge is -2.33. The number of nitrogens with one attached hydrogen (secondary N) is 1. The van der Waals surface area contributed by atoms with Gasteiger partial charge in [-0.1, -0.05) is 18.6 Å². The molecule has 3 rings (SSSR count). The van der Waals surface area contributed by atoms with Gasteiger partial charge in [0.1, 0.15) is 5.75 Å². The Morgan fingerprint density at radius 2 is 2.16 bits per heavy atom. The summed E-state index contributed by atoms with van der Waals surface area (Å²) in [6, 6.07) is 5.76. The second-order valence-corrected chi connectivity index (χ2v) is 6.02. The number of ether oxygens (including phenoxy) is 1. The van der Waals surface area contributed by atoms with Crippen LogP contribution in [0.5, 0.6) is 5.75 Å². The molecular formula is C17H18F3N3O2. The number of hydrogen-bond acceptors (Lipinski definition) is 4. The van der Waals surface area contributed by atoms with Crippen LogP contribution in [0.3, 0.4) is 0 Å². The molecule has 1 amide bonds. The highest BCUT2D eigenvalue weighted by molar-refractivity contribution is 5.80. The number of allylic oxidation sites excluding steroid dienone is 1. The first kappa shape index (κ1) is 17.3. The van der Waals surface area contributed by atoms with Crippen molar-refractivity contribution in [1.82, 2.24) is 10.2 Å². The zero-order valence-electron chi connectivity index (χ0n) is 13.4. The van der Waals surface area contributed by atoms with Gasteiger partial charge in [-0.15, -0.1) is 13.2 Å². The largest absolute Gasteiger partial charge is 0.573 e. The fourth-order valence-electron chi connectivity index (χ4n) is 2.67.